The molecule has 4 aliphatic rings. The van der Waals surface area contributed by atoms with E-state index >= 15 is 9.18 Å². The highest BCUT2D eigenvalue weighted by atomic mass is 35.5. The molecule has 1 aromatic heterocycles. The molecule has 0 aliphatic carbocycles. The molecule has 1 saturated heterocycles. The van der Waals surface area contributed by atoms with Gasteiger partial charge in [-0.05, 0) is 91.4 Å². The Morgan fingerprint density at radius 1 is 0.877 bits per heavy atom. The lowest BCUT2D eigenvalue weighted by molar-refractivity contribution is 0.0193. The second kappa shape index (κ2) is 15.5. The van der Waals surface area contributed by atoms with Crippen LogP contribution in [0.25, 0.3) is 11.3 Å². The Labute approximate surface area is 333 Å². The fraction of sp³-hybridized carbons (Fsp3) is 0.318. The zero-order chi connectivity index (χ0) is 39.2. The van der Waals surface area contributed by atoms with E-state index in [1.165, 1.54) is 28.7 Å². The molecule has 0 spiro atoms. The molecule has 57 heavy (non-hydrogen) atoms. The van der Waals surface area contributed by atoms with Crippen LogP contribution in [-0.4, -0.2) is 77.0 Å². The van der Waals surface area contributed by atoms with E-state index in [-0.39, 0.29) is 41.6 Å². The molecule has 2 amide bonds. The van der Waals surface area contributed by atoms with Crippen LogP contribution in [0.1, 0.15) is 55.9 Å². The summed E-state index contributed by atoms with van der Waals surface area (Å²) in [7, 11) is 0. The number of carbonyl (C=O) groups is 2. The minimum absolute atomic E-state index is 0.0138. The number of phenols is 1. The number of nitrogens with zero attached hydrogens (tertiary/aromatic N) is 4. The number of benzene rings is 4. The van der Waals surface area contributed by atoms with Gasteiger partial charge in [-0.2, -0.15) is 0 Å². The van der Waals surface area contributed by atoms with E-state index in [1.54, 1.807) is 24.3 Å². The SMILES string of the molecule is O=C(c1cc(-c2cc3c(cc2C(=O)N2Cc4ccccc4CC2CN2CCOCC2)OCO3)n2c1CCCC2)N(Cc1c(Cl)ccc(F)c1F)c1ccc(O)cc1. The quantitative estimate of drug-likeness (QED) is 0.162. The van der Waals surface area contributed by atoms with Crippen LogP contribution in [0.15, 0.2) is 78.9 Å². The van der Waals surface area contributed by atoms with Gasteiger partial charge in [0.2, 0.25) is 6.79 Å². The Hall–Kier alpha value is -5.43. The Morgan fingerprint density at radius 3 is 2.42 bits per heavy atom. The predicted octanol–water partition coefficient (Wildman–Crippen LogP) is 7.60. The van der Waals surface area contributed by atoms with Gasteiger partial charge in [0.15, 0.2) is 23.1 Å². The Balaban J connectivity index is 1.14. The maximum absolute atomic E-state index is 15.3. The molecule has 1 fully saturated rings. The van der Waals surface area contributed by atoms with Gasteiger partial charge in [0.25, 0.3) is 11.8 Å². The van der Waals surface area contributed by atoms with Crippen LogP contribution >= 0.6 is 11.6 Å². The van der Waals surface area contributed by atoms with Crippen LogP contribution < -0.4 is 14.4 Å². The number of morpholine rings is 1. The average Bonchev–Trinajstić information content (AvgIpc) is 3.87. The van der Waals surface area contributed by atoms with Crippen molar-refractivity contribution in [1.82, 2.24) is 14.4 Å². The minimum Gasteiger partial charge on any atom is -0.508 e. The molecular weight excluding hydrogens is 754 g/mol. The van der Waals surface area contributed by atoms with Gasteiger partial charge in [0.1, 0.15) is 5.75 Å². The second-order valence-electron chi connectivity index (χ2n) is 15.0. The van der Waals surface area contributed by atoms with E-state index in [0.29, 0.717) is 85.3 Å². The smallest absolute Gasteiger partial charge is 0.260 e. The molecule has 0 bridgehead atoms. The van der Waals surface area contributed by atoms with Gasteiger partial charge in [-0.3, -0.25) is 14.5 Å². The zero-order valence-corrected chi connectivity index (χ0v) is 31.9. The summed E-state index contributed by atoms with van der Waals surface area (Å²) >= 11 is 6.40. The number of hydrogen-bond acceptors (Lipinski definition) is 7. The van der Waals surface area contributed by atoms with Crippen molar-refractivity contribution < 1.29 is 37.7 Å². The second-order valence-corrected chi connectivity index (χ2v) is 15.4. The maximum Gasteiger partial charge on any atom is 0.260 e. The number of amides is 2. The van der Waals surface area contributed by atoms with Gasteiger partial charge >= 0.3 is 0 Å². The number of halogens is 3. The van der Waals surface area contributed by atoms with Crippen LogP contribution in [0, 0.1) is 11.6 Å². The summed E-state index contributed by atoms with van der Waals surface area (Å²) in [6, 6.07) is 21.7. The first-order chi connectivity index (χ1) is 27.7. The van der Waals surface area contributed by atoms with Gasteiger partial charge in [0, 0.05) is 72.0 Å². The largest absolute Gasteiger partial charge is 0.508 e. The molecule has 9 rings (SSSR count). The fourth-order valence-electron chi connectivity index (χ4n) is 8.57. The van der Waals surface area contributed by atoms with Crippen molar-refractivity contribution in [3.8, 4) is 28.5 Å². The number of fused-ring (bicyclic) bond motifs is 3. The highest BCUT2D eigenvalue weighted by Gasteiger charge is 2.36. The van der Waals surface area contributed by atoms with E-state index < -0.39 is 17.5 Å². The number of aromatic hydroxyl groups is 1. The number of ether oxygens (including phenoxy) is 3. The zero-order valence-electron chi connectivity index (χ0n) is 31.2. The third-order valence-corrected chi connectivity index (χ3v) is 11.9. The summed E-state index contributed by atoms with van der Waals surface area (Å²) in [6.45, 7) is 4.27. The molecule has 13 heteroatoms. The minimum atomic E-state index is -1.14. The molecule has 1 N–H and O–H groups in total. The predicted molar refractivity (Wildman–Crippen MR) is 210 cm³/mol. The molecule has 294 valence electrons. The molecule has 1 unspecified atom stereocenters. The van der Waals surface area contributed by atoms with Crippen molar-refractivity contribution in [1.29, 1.82) is 0 Å². The molecular formula is C44H41ClF2N4O6. The first-order valence-corrected chi connectivity index (χ1v) is 19.7. The number of carbonyl (C=O) groups excluding carboxylic acids is 2. The molecule has 10 nitrogen and oxygen atoms in total. The fourth-order valence-corrected chi connectivity index (χ4v) is 8.78. The lowest BCUT2D eigenvalue weighted by atomic mass is 9.92. The van der Waals surface area contributed by atoms with Crippen molar-refractivity contribution >= 4 is 29.1 Å². The summed E-state index contributed by atoms with van der Waals surface area (Å²) in [6.07, 6.45) is 2.97. The summed E-state index contributed by atoms with van der Waals surface area (Å²) < 4.78 is 49.2. The van der Waals surface area contributed by atoms with Crippen molar-refractivity contribution in [2.24, 2.45) is 0 Å². The topological polar surface area (TPSA) is 96.7 Å². The average molecular weight is 795 g/mol. The van der Waals surface area contributed by atoms with Gasteiger partial charge < -0.3 is 33.7 Å². The van der Waals surface area contributed by atoms with Crippen molar-refractivity contribution in [2.75, 3.05) is 44.5 Å². The van der Waals surface area contributed by atoms with Crippen molar-refractivity contribution in [3.63, 3.8) is 0 Å². The third kappa shape index (κ3) is 7.11. The van der Waals surface area contributed by atoms with Crippen molar-refractivity contribution in [3.05, 3.63) is 129 Å². The van der Waals surface area contributed by atoms with Gasteiger partial charge in [-0.15, -0.1) is 0 Å². The first-order valence-electron chi connectivity index (χ1n) is 19.3. The number of phenolic OH excluding ortho intramolecular Hbond substituents is 1. The summed E-state index contributed by atoms with van der Waals surface area (Å²) in [4.78, 5) is 35.8. The highest BCUT2D eigenvalue weighted by Crippen LogP contribution is 2.43. The Morgan fingerprint density at radius 2 is 1.63 bits per heavy atom. The highest BCUT2D eigenvalue weighted by molar-refractivity contribution is 6.31. The molecule has 0 radical (unpaired) electrons. The number of rotatable bonds is 8. The van der Waals surface area contributed by atoms with Gasteiger partial charge in [0.05, 0.1) is 30.9 Å². The number of hydrogen-bond donors (Lipinski definition) is 1. The monoisotopic (exact) mass is 794 g/mol. The van der Waals surface area contributed by atoms with Crippen LogP contribution in [-0.2, 0) is 37.2 Å². The summed E-state index contributed by atoms with van der Waals surface area (Å²) in [5.41, 5.74) is 5.33. The molecule has 5 aromatic rings. The molecule has 4 aromatic carbocycles. The van der Waals surface area contributed by atoms with E-state index in [2.05, 4.69) is 21.6 Å². The number of aromatic nitrogens is 1. The summed E-state index contributed by atoms with van der Waals surface area (Å²) in [5, 5.41) is 10.1. The Kier molecular flexibility index (Phi) is 10.1. The third-order valence-electron chi connectivity index (χ3n) is 11.6. The maximum atomic E-state index is 15.3. The lowest BCUT2D eigenvalue weighted by Crippen LogP contribution is -2.52. The number of anilines is 1. The van der Waals surface area contributed by atoms with E-state index in [1.807, 2.05) is 23.1 Å². The first kappa shape index (κ1) is 37.2. The standard InChI is InChI=1S/C44H41ClF2N4O6/c45-36-12-13-37(46)42(47)35(36)25-51(29-8-10-31(52)11-9-29)44(54)34-20-39(49-14-4-3-7-38(34)49)32-21-40-41(57-26-56-40)22-33(32)43(53)50-23-28-6-2-1-5-27(28)19-30(50)24-48-15-17-55-18-16-48/h1-2,5-6,8-13,20-22,30,52H,3-4,7,14-19,23-26H2. The molecule has 4 aliphatic heterocycles. The lowest BCUT2D eigenvalue weighted by Gasteiger charge is -2.40. The van der Waals surface area contributed by atoms with Crippen LogP contribution in [0.3, 0.4) is 0 Å². The normalized spacial score (nSPS) is 17.6. The van der Waals surface area contributed by atoms with E-state index in [0.717, 1.165) is 43.3 Å². The van der Waals surface area contributed by atoms with Crippen LogP contribution in [0.2, 0.25) is 5.02 Å². The molecule has 1 atom stereocenters. The van der Waals surface area contributed by atoms with E-state index in [4.69, 9.17) is 25.8 Å². The van der Waals surface area contributed by atoms with Crippen molar-refractivity contribution in [2.45, 2.75) is 51.4 Å². The summed E-state index contributed by atoms with van der Waals surface area (Å²) in [5.74, 6) is -1.90. The van der Waals surface area contributed by atoms with Crippen LogP contribution in [0.5, 0.6) is 17.2 Å². The van der Waals surface area contributed by atoms with Gasteiger partial charge in [-0.1, -0.05) is 35.9 Å². The Bertz CT molecular complexity index is 2360. The molecule has 0 saturated carbocycles. The van der Waals surface area contributed by atoms with E-state index in [9.17, 15) is 14.3 Å². The van der Waals surface area contributed by atoms with Gasteiger partial charge in [-0.25, -0.2) is 8.78 Å². The molecule has 5 heterocycles. The van der Waals surface area contributed by atoms with Crippen LogP contribution in [0.4, 0.5) is 14.5 Å².